The van der Waals surface area contributed by atoms with Crippen LogP contribution in [0.25, 0.3) is 0 Å². The first-order valence-electron chi connectivity index (χ1n) is 10.9. The van der Waals surface area contributed by atoms with Crippen LogP contribution in [0.1, 0.15) is 79.1 Å². The zero-order chi connectivity index (χ0) is 19.6. The van der Waals surface area contributed by atoms with Crippen molar-refractivity contribution in [2.75, 3.05) is 0 Å². The van der Waals surface area contributed by atoms with Gasteiger partial charge in [-0.25, -0.2) is 0 Å². The highest BCUT2D eigenvalue weighted by molar-refractivity contribution is 5.80. The van der Waals surface area contributed by atoms with Crippen LogP contribution < -0.4 is 0 Å². The summed E-state index contributed by atoms with van der Waals surface area (Å²) in [5, 5.41) is 0. The molecule has 4 aliphatic carbocycles. The number of Topliss-reactive ketones (excluding diaryl/α,β-unsaturated/α-hetero) is 2. The van der Waals surface area contributed by atoms with Crippen LogP contribution in [-0.4, -0.2) is 23.6 Å². The van der Waals surface area contributed by atoms with Gasteiger partial charge < -0.3 is 4.74 Å². The lowest BCUT2D eigenvalue weighted by molar-refractivity contribution is -0.193. The lowest BCUT2D eigenvalue weighted by Gasteiger charge is -2.62. The minimum Gasteiger partial charge on any atom is -0.462 e. The molecule has 27 heavy (non-hydrogen) atoms. The fourth-order valence-electron chi connectivity index (χ4n) is 8.12. The molecule has 4 heteroatoms. The minimum atomic E-state index is -0.212. The molecule has 4 saturated carbocycles. The van der Waals surface area contributed by atoms with Gasteiger partial charge in [-0.3, -0.25) is 14.4 Å². The Morgan fingerprint density at radius 1 is 1.04 bits per heavy atom. The van der Waals surface area contributed by atoms with Crippen LogP contribution in [0.2, 0.25) is 0 Å². The summed E-state index contributed by atoms with van der Waals surface area (Å²) in [6.45, 7) is 7.88. The van der Waals surface area contributed by atoms with Gasteiger partial charge in [-0.1, -0.05) is 13.8 Å². The topological polar surface area (TPSA) is 60.4 Å². The van der Waals surface area contributed by atoms with E-state index in [1.165, 1.54) is 6.92 Å². The number of carbonyl (C=O) groups is 3. The summed E-state index contributed by atoms with van der Waals surface area (Å²) in [6.07, 6.45) is 7.29. The van der Waals surface area contributed by atoms with Crippen LogP contribution in [0, 0.1) is 40.4 Å². The van der Waals surface area contributed by atoms with Gasteiger partial charge in [-0.2, -0.15) is 0 Å². The second-order valence-electron chi connectivity index (χ2n) is 10.4. The SMILES string of the molecule is CC(=O)O[C@@H]1C[C@@]2(C)C(CC[C@@H]2C(C)=O)[C@@H]2CC[C@H]3CC(=O)CC[C@]3(C)C21. The Morgan fingerprint density at radius 3 is 2.44 bits per heavy atom. The molecule has 0 N–H and O–H groups in total. The first kappa shape index (κ1) is 19.1. The second kappa shape index (κ2) is 6.42. The fraction of sp³-hybridized carbons (Fsp3) is 0.870. The predicted molar refractivity (Wildman–Crippen MR) is 102 cm³/mol. The number of hydrogen-bond donors (Lipinski definition) is 0. The molecular formula is C23H34O4. The van der Waals surface area contributed by atoms with Crippen LogP contribution in [0.3, 0.4) is 0 Å². The van der Waals surface area contributed by atoms with Crippen molar-refractivity contribution in [1.82, 2.24) is 0 Å². The highest BCUT2D eigenvalue weighted by Crippen LogP contribution is 2.67. The van der Waals surface area contributed by atoms with Gasteiger partial charge in [0.25, 0.3) is 0 Å². The normalized spacial score (nSPS) is 49.0. The van der Waals surface area contributed by atoms with Gasteiger partial charge in [0.15, 0.2) is 0 Å². The standard InChI is InChI=1S/C23H34O4/c1-13(24)18-7-8-19-17-6-5-15-11-16(26)9-10-22(15,3)21(17)20(27-14(2)25)12-23(18,19)4/h15,17-21H,5-12H2,1-4H3/t15-,17-,18+,19?,20+,21?,22-,23+/m0/s1. The van der Waals surface area contributed by atoms with Crippen molar-refractivity contribution in [2.24, 2.45) is 40.4 Å². The van der Waals surface area contributed by atoms with Crippen LogP contribution >= 0.6 is 0 Å². The molecule has 0 aromatic rings. The Kier molecular flexibility index (Phi) is 4.55. The van der Waals surface area contributed by atoms with Gasteiger partial charge in [-0.05, 0) is 74.0 Å². The smallest absolute Gasteiger partial charge is 0.302 e. The molecule has 4 nitrogen and oxygen atoms in total. The highest BCUT2D eigenvalue weighted by atomic mass is 16.5. The monoisotopic (exact) mass is 374 g/mol. The van der Waals surface area contributed by atoms with Gasteiger partial charge in [0, 0.05) is 31.6 Å². The zero-order valence-electron chi connectivity index (χ0n) is 17.3. The summed E-state index contributed by atoms with van der Waals surface area (Å²) < 4.78 is 5.97. The summed E-state index contributed by atoms with van der Waals surface area (Å²) >= 11 is 0. The van der Waals surface area contributed by atoms with E-state index in [2.05, 4.69) is 13.8 Å². The Labute approximate surface area is 162 Å². The van der Waals surface area contributed by atoms with Gasteiger partial charge in [0.2, 0.25) is 0 Å². The third-order valence-electron chi connectivity index (χ3n) is 9.20. The van der Waals surface area contributed by atoms with Crippen LogP contribution in [0.15, 0.2) is 0 Å². The van der Waals surface area contributed by atoms with E-state index in [1.807, 2.05) is 0 Å². The average Bonchev–Trinajstić information content (AvgIpc) is 2.91. The molecule has 0 amide bonds. The number of ketones is 2. The molecular weight excluding hydrogens is 340 g/mol. The van der Waals surface area contributed by atoms with Crippen molar-refractivity contribution in [3.8, 4) is 0 Å². The number of fused-ring (bicyclic) bond motifs is 5. The number of esters is 1. The maximum atomic E-state index is 12.4. The van der Waals surface area contributed by atoms with Crippen molar-refractivity contribution < 1.29 is 19.1 Å². The van der Waals surface area contributed by atoms with Gasteiger partial charge in [0.1, 0.15) is 17.7 Å². The van der Waals surface area contributed by atoms with Crippen molar-refractivity contribution in [3.63, 3.8) is 0 Å². The summed E-state index contributed by atoms with van der Waals surface area (Å²) in [5.74, 6) is 2.38. The maximum Gasteiger partial charge on any atom is 0.302 e. The molecule has 0 bridgehead atoms. The zero-order valence-corrected chi connectivity index (χ0v) is 17.3. The van der Waals surface area contributed by atoms with Gasteiger partial charge in [-0.15, -0.1) is 0 Å². The summed E-state index contributed by atoms with van der Waals surface area (Å²) in [5.41, 5.74) is 0.0212. The molecule has 2 unspecified atom stereocenters. The van der Waals surface area contributed by atoms with Crippen molar-refractivity contribution in [1.29, 1.82) is 0 Å². The Hall–Kier alpha value is -1.19. The molecule has 0 heterocycles. The van der Waals surface area contributed by atoms with E-state index >= 15 is 0 Å². The molecule has 8 atom stereocenters. The van der Waals surface area contributed by atoms with E-state index in [0.717, 1.165) is 38.5 Å². The van der Waals surface area contributed by atoms with E-state index in [1.54, 1.807) is 6.92 Å². The van der Waals surface area contributed by atoms with E-state index in [0.29, 0.717) is 48.1 Å². The van der Waals surface area contributed by atoms with E-state index < -0.39 is 0 Å². The molecule has 0 spiro atoms. The highest BCUT2D eigenvalue weighted by Gasteiger charge is 2.64. The molecule has 150 valence electrons. The summed E-state index contributed by atoms with van der Waals surface area (Å²) in [4.78, 5) is 36.5. The van der Waals surface area contributed by atoms with E-state index in [9.17, 15) is 14.4 Å². The third-order valence-corrected chi connectivity index (χ3v) is 9.20. The first-order chi connectivity index (χ1) is 12.7. The average molecular weight is 375 g/mol. The minimum absolute atomic E-state index is 0.0548. The van der Waals surface area contributed by atoms with Crippen molar-refractivity contribution in [2.45, 2.75) is 85.2 Å². The summed E-state index contributed by atoms with van der Waals surface area (Å²) in [6, 6.07) is 0. The van der Waals surface area contributed by atoms with Crippen LogP contribution in [0.5, 0.6) is 0 Å². The molecule has 4 fully saturated rings. The molecule has 0 aromatic heterocycles. The van der Waals surface area contributed by atoms with E-state index in [4.69, 9.17) is 4.74 Å². The first-order valence-corrected chi connectivity index (χ1v) is 10.9. The Morgan fingerprint density at radius 2 is 1.78 bits per heavy atom. The Balaban J connectivity index is 1.73. The molecule has 0 saturated heterocycles. The molecule has 0 aromatic carbocycles. The van der Waals surface area contributed by atoms with Gasteiger partial charge >= 0.3 is 5.97 Å². The number of carbonyl (C=O) groups excluding carboxylic acids is 3. The van der Waals surface area contributed by atoms with Gasteiger partial charge in [0.05, 0.1) is 0 Å². The number of ether oxygens (including phenoxy) is 1. The van der Waals surface area contributed by atoms with Crippen LogP contribution in [0.4, 0.5) is 0 Å². The second-order valence-corrected chi connectivity index (χ2v) is 10.4. The fourth-order valence-corrected chi connectivity index (χ4v) is 8.12. The Bertz CT molecular complexity index is 669. The predicted octanol–water partition coefficient (Wildman–Crippen LogP) is 4.35. The number of hydrogen-bond acceptors (Lipinski definition) is 4. The summed E-state index contributed by atoms with van der Waals surface area (Å²) in [7, 11) is 0. The van der Waals surface area contributed by atoms with Crippen molar-refractivity contribution >= 4 is 17.5 Å². The number of rotatable bonds is 2. The van der Waals surface area contributed by atoms with Crippen molar-refractivity contribution in [3.05, 3.63) is 0 Å². The largest absolute Gasteiger partial charge is 0.462 e. The molecule has 4 rings (SSSR count). The van der Waals surface area contributed by atoms with E-state index in [-0.39, 0.29) is 28.8 Å². The van der Waals surface area contributed by atoms with Crippen LogP contribution in [-0.2, 0) is 19.1 Å². The lowest BCUT2D eigenvalue weighted by atomic mass is 9.44. The third kappa shape index (κ3) is 2.81. The molecule has 0 aliphatic heterocycles. The molecule has 4 aliphatic rings. The maximum absolute atomic E-state index is 12.4. The lowest BCUT2D eigenvalue weighted by Crippen LogP contribution is -2.60. The molecule has 0 radical (unpaired) electrons. The quantitative estimate of drug-likeness (QED) is 0.675.